The Morgan fingerprint density at radius 3 is 2.63 bits per heavy atom. The third kappa shape index (κ3) is 3.35. The molecule has 5 rings (SSSR count). The summed E-state index contributed by atoms with van der Waals surface area (Å²) in [6.07, 6.45) is 5.88. The molecule has 4 heterocycles. The molecule has 0 radical (unpaired) electrons. The van der Waals surface area contributed by atoms with Gasteiger partial charge < -0.3 is 19.4 Å². The van der Waals surface area contributed by atoms with E-state index in [1.807, 2.05) is 36.0 Å². The first-order chi connectivity index (χ1) is 14.5. The zero-order valence-corrected chi connectivity index (χ0v) is 17.8. The predicted octanol–water partition coefficient (Wildman–Crippen LogP) is 3.45. The van der Waals surface area contributed by atoms with E-state index in [0.717, 1.165) is 40.9 Å². The van der Waals surface area contributed by atoms with Crippen molar-refractivity contribution in [1.82, 2.24) is 24.7 Å². The lowest BCUT2D eigenvalue weighted by Crippen LogP contribution is -2.54. The summed E-state index contributed by atoms with van der Waals surface area (Å²) in [5.41, 5.74) is 4.78. The van der Waals surface area contributed by atoms with Crippen LogP contribution in [0, 0.1) is 6.92 Å². The maximum Gasteiger partial charge on any atom is 0.179 e. The molecule has 3 aromatic heterocycles. The van der Waals surface area contributed by atoms with Gasteiger partial charge in [-0.2, -0.15) is 0 Å². The molecule has 1 N–H and O–H groups in total. The molecule has 1 aliphatic heterocycles. The van der Waals surface area contributed by atoms with Gasteiger partial charge in [-0.1, -0.05) is 0 Å². The van der Waals surface area contributed by atoms with Crippen LogP contribution >= 0.6 is 0 Å². The molecule has 2 atom stereocenters. The summed E-state index contributed by atoms with van der Waals surface area (Å²) in [5, 5.41) is 4.63. The minimum atomic E-state index is 0.472. The Balaban J connectivity index is 1.52. The highest BCUT2D eigenvalue weighted by Gasteiger charge is 2.21. The Bertz CT molecular complexity index is 1220. The molecular weight excluding hydrogens is 376 g/mol. The minimum Gasteiger partial charge on any atom is -0.493 e. The lowest BCUT2D eigenvalue weighted by molar-refractivity contribution is 0.407. The number of hydrogen-bond acceptors (Lipinski definition) is 6. The molecule has 0 spiro atoms. The van der Waals surface area contributed by atoms with E-state index in [9.17, 15) is 0 Å². The van der Waals surface area contributed by atoms with Crippen LogP contribution in [0.2, 0.25) is 0 Å². The molecule has 0 saturated carbocycles. The Kier molecular flexibility index (Phi) is 4.55. The monoisotopic (exact) mass is 402 g/mol. The molecule has 0 bridgehead atoms. The highest BCUT2D eigenvalue weighted by atomic mass is 16.5. The van der Waals surface area contributed by atoms with Gasteiger partial charge in [0.05, 0.1) is 18.3 Å². The summed E-state index contributed by atoms with van der Waals surface area (Å²) in [6.45, 7) is 8.42. The lowest BCUT2D eigenvalue weighted by atomic mass is 10.1. The van der Waals surface area contributed by atoms with E-state index in [-0.39, 0.29) is 0 Å². The molecule has 1 saturated heterocycles. The molecule has 0 amide bonds. The van der Waals surface area contributed by atoms with Crippen molar-refractivity contribution in [2.24, 2.45) is 0 Å². The fraction of sp³-hybridized carbons (Fsp3) is 0.348. The van der Waals surface area contributed by atoms with E-state index in [2.05, 4.69) is 52.2 Å². The van der Waals surface area contributed by atoms with Gasteiger partial charge >= 0.3 is 0 Å². The number of rotatable bonds is 3. The van der Waals surface area contributed by atoms with E-state index in [1.54, 1.807) is 7.11 Å². The Morgan fingerprint density at radius 1 is 1.07 bits per heavy atom. The van der Waals surface area contributed by atoms with Crippen molar-refractivity contribution in [3.63, 3.8) is 0 Å². The molecular formula is C23H26N6O. The van der Waals surface area contributed by atoms with Crippen LogP contribution in [0.4, 0.5) is 5.69 Å². The van der Waals surface area contributed by atoms with E-state index < -0.39 is 0 Å². The number of fused-ring (bicyclic) bond motifs is 2. The zero-order chi connectivity index (χ0) is 20.8. The highest BCUT2D eigenvalue weighted by molar-refractivity contribution is 5.83. The first-order valence-electron chi connectivity index (χ1n) is 10.3. The van der Waals surface area contributed by atoms with Crippen LogP contribution in [0.5, 0.6) is 5.75 Å². The van der Waals surface area contributed by atoms with Crippen molar-refractivity contribution >= 4 is 22.2 Å². The van der Waals surface area contributed by atoms with E-state index in [1.165, 1.54) is 5.69 Å². The molecule has 7 heteroatoms. The summed E-state index contributed by atoms with van der Waals surface area (Å²) < 4.78 is 7.51. The van der Waals surface area contributed by atoms with Crippen LogP contribution in [0.1, 0.15) is 19.5 Å². The second-order valence-corrected chi connectivity index (χ2v) is 8.22. The molecule has 1 fully saturated rings. The third-order valence-corrected chi connectivity index (χ3v) is 5.60. The fourth-order valence-corrected chi connectivity index (χ4v) is 4.36. The average Bonchev–Trinajstić information content (AvgIpc) is 3.11. The number of nitrogens with zero attached hydrogens (tertiary/aromatic N) is 5. The van der Waals surface area contributed by atoms with E-state index in [0.29, 0.717) is 23.7 Å². The SMILES string of the molecule is COc1cc(-c2ncc3cc(N4CC(C)NC(C)C4)ccc3n2)cn2cc(C)nc12. The fourth-order valence-electron chi connectivity index (χ4n) is 4.36. The number of imidazole rings is 1. The molecule has 4 aromatic rings. The van der Waals surface area contributed by atoms with Gasteiger partial charge in [-0.25, -0.2) is 15.0 Å². The van der Waals surface area contributed by atoms with Crippen LogP contribution in [0.3, 0.4) is 0 Å². The van der Waals surface area contributed by atoms with Crippen molar-refractivity contribution in [2.45, 2.75) is 32.9 Å². The first kappa shape index (κ1) is 18.8. The van der Waals surface area contributed by atoms with Gasteiger partial charge in [0.1, 0.15) is 0 Å². The number of methoxy groups -OCH3 is 1. The van der Waals surface area contributed by atoms with Crippen LogP contribution < -0.4 is 15.0 Å². The van der Waals surface area contributed by atoms with Gasteiger partial charge in [0.2, 0.25) is 0 Å². The standard InChI is InChI=1S/C23H26N6O/c1-14-10-28(11-15(2)25-14)19-5-6-20-17(7-19)9-24-22(27-20)18-8-21(30-4)23-26-16(3)12-29(23)13-18/h5-9,12-15,25H,10-11H2,1-4H3. The Morgan fingerprint density at radius 2 is 1.87 bits per heavy atom. The largest absolute Gasteiger partial charge is 0.493 e. The number of aromatic nitrogens is 4. The minimum absolute atomic E-state index is 0.472. The van der Waals surface area contributed by atoms with Gasteiger partial charge in [0, 0.05) is 60.4 Å². The van der Waals surface area contributed by atoms with Crippen molar-refractivity contribution < 1.29 is 4.74 Å². The Hall–Kier alpha value is -3.19. The molecule has 30 heavy (non-hydrogen) atoms. The van der Waals surface area contributed by atoms with Gasteiger partial charge in [-0.05, 0) is 45.0 Å². The number of piperazine rings is 1. The second-order valence-electron chi connectivity index (χ2n) is 8.22. The van der Waals surface area contributed by atoms with Gasteiger partial charge in [-0.15, -0.1) is 0 Å². The van der Waals surface area contributed by atoms with Crippen LogP contribution in [-0.4, -0.2) is 51.6 Å². The topological polar surface area (TPSA) is 67.6 Å². The van der Waals surface area contributed by atoms with Crippen molar-refractivity contribution in [2.75, 3.05) is 25.1 Å². The average molecular weight is 403 g/mol. The quantitative estimate of drug-likeness (QED) is 0.566. The maximum absolute atomic E-state index is 5.54. The Labute approximate surface area is 175 Å². The lowest BCUT2D eigenvalue weighted by Gasteiger charge is -2.37. The summed E-state index contributed by atoms with van der Waals surface area (Å²) in [7, 11) is 1.66. The predicted molar refractivity (Wildman–Crippen MR) is 119 cm³/mol. The van der Waals surface area contributed by atoms with Crippen LogP contribution in [0.25, 0.3) is 27.9 Å². The number of ether oxygens (including phenoxy) is 1. The van der Waals surface area contributed by atoms with Crippen molar-refractivity contribution in [3.05, 3.63) is 48.5 Å². The number of nitrogens with one attached hydrogen (secondary N) is 1. The number of pyridine rings is 1. The van der Waals surface area contributed by atoms with E-state index >= 15 is 0 Å². The molecule has 0 aliphatic carbocycles. The van der Waals surface area contributed by atoms with Gasteiger partial charge in [-0.3, -0.25) is 0 Å². The van der Waals surface area contributed by atoms with Crippen LogP contribution in [0.15, 0.2) is 42.9 Å². The molecule has 7 nitrogen and oxygen atoms in total. The first-order valence-corrected chi connectivity index (χ1v) is 10.3. The van der Waals surface area contributed by atoms with Gasteiger partial charge in [0.15, 0.2) is 17.2 Å². The summed E-state index contributed by atoms with van der Waals surface area (Å²) in [4.78, 5) is 16.4. The summed E-state index contributed by atoms with van der Waals surface area (Å²) >= 11 is 0. The molecule has 154 valence electrons. The third-order valence-electron chi connectivity index (χ3n) is 5.60. The molecule has 2 unspecified atom stereocenters. The number of anilines is 1. The maximum atomic E-state index is 5.54. The highest BCUT2D eigenvalue weighted by Crippen LogP contribution is 2.28. The zero-order valence-electron chi connectivity index (χ0n) is 17.8. The number of hydrogen-bond donors (Lipinski definition) is 1. The van der Waals surface area contributed by atoms with Crippen molar-refractivity contribution in [1.29, 1.82) is 0 Å². The summed E-state index contributed by atoms with van der Waals surface area (Å²) in [6, 6.07) is 9.32. The summed E-state index contributed by atoms with van der Waals surface area (Å²) in [5.74, 6) is 1.38. The smallest absolute Gasteiger partial charge is 0.179 e. The second kappa shape index (κ2) is 7.25. The number of aryl methyl sites for hydroxylation is 1. The molecule has 1 aromatic carbocycles. The van der Waals surface area contributed by atoms with Gasteiger partial charge in [0.25, 0.3) is 0 Å². The normalized spacial score (nSPS) is 19.5. The molecule has 1 aliphatic rings. The number of benzene rings is 1. The van der Waals surface area contributed by atoms with E-state index in [4.69, 9.17) is 9.72 Å². The van der Waals surface area contributed by atoms with Crippen LogP contribution in [-0.2, 0) is 0 Å². The van der Waals surface area contributed by atoms with Crippen molar-refractivity contribution in [3.8, 4) is 17.1 Å².